The van der Waals surface area contributed by atoms with Gasteiger partial charge in [0.2, 0.25) is 0 Å². The first-order chi connectivity index (χ1) is 11.7. The molecule has 0 fully saturated rings. The Morgan fingerprint density at radius 2 is 1.46 bits per heavy atom. The average Bonchev–Trinajstić information content (AvgIpc) is 2.62. The largest absolute Gasteiger partial charge is 0.490 e. The monoisotopic (exact) mass is 326 g/mol. The summed E-state index contributed by atoms with van der Waals surface area (Å²) in [5.74, 6) is 0.901. The Kier molecular flexibility index (Phi) is 6.86. The smallest absolute Gasteiger partial charge is 0.311 e. The molecule has 0 aromatic heterocycles. The number of aryl methyl sites for hydroxylation is 3. The molecule has 3 heteroatoms. The summed E-state index contributed by atoms with van der Waals surface area (Å²) >= 11 is 0. The fourth-order valence-corrected chi connectivity index (χ4v) is 2.49. The van der Waals surface area contributed by atoms with E-state index in [1.54, 1.807) is 0 Å². The maximum Gasteiger partial charge on any atom is 0.311 e. The molecule has 0 amide bonds. The summed E-state index contributed by atoms with van der Waals surface area (Å²) in [6.45, 7) is 6.68. The molecule has 2 rings (SSSR count). The Hall–Kier alpha value is -2.29. The van der Waals surface area contributed by atoms with E-state index in [1.807, 2.05) is 25.1 Å². The molecule has 128 valence electrons. The Labute approximate surface area is 144 Å². The Balaban J connectivity index is 1.95. The van der Waals surface area contributed by atoms with Crippen LogP contribution in [0.5, 0.6) is 11.5 Å². The number of carbonyl (C=O) groups excluding carboxylic acids is 1. The van der Waals surface area contributed by atoms with Crippen molar-refractivity contribution in [2.24, 2.45) is 0 Å². The van der Waals surface area contributed by atoms with Gasteiger partial charge in [-0.1, -0.05) is 44.2 Å². The van der Waals surface area contributed by atoms with Crippen molar-refractivity contribution < 1.29 is 14.3 Å². The standard InChI is InChI=1S/C21H26O3/c1-4-16-7-9-18(10-8-16)12-14-21(22)24-19-13-11-17(5-2)15-20(19)23-6-3/h7-11,13,15H,4-6,12,14H2,1-3H3. The highest BCUT2D eigenvalue weighted by atomic mass is 16.6. The fourth-order valence-electron chi connectivity index (χ4n) is 2.49. The first-order valence-electron chi connectivity index (χ1n) is 8.70. The molecule has 0 radical (unpaired) electrons. The lowest BCUT2D eigenvalue weighted by Crippen LogP contribution is -2.10. The molecular weight excluding hydrogens is 300 g/mol. The van der Waals surface area contributed by atoms with Gasteiger partial charge in [0, 0.05) is 6.42 Å². The molecule has 2 aromatic carbocycles. The number of ether oxygens (including phenoxy) is 2. The quantitative estimate of drug-likeness (QED) is 0.519. The summed E-state index contributed by atoms with van der Waals surface area (Å²) in [5, 5.41) is 0. The molecular formula is C21H26O3. The summed E-state index contributed by atoms with van der Waals surface area (Å²) in [7, 11) is 0. The first-order valence-corrected chi connectivity index (χ1v) is 8.70. The van der Waals surface area contributed by atoms with E-state index in [0.717, 1.165) is 24.0 Å². The molecule has 0 atom stereocenters. The van der Waals surface area contributed by atoms with Crippen molar-refractivity contribution in [1.29, 1.82) is 0 Å². The molecule has 0 aliphatic carbocycles. The van der Waals surface area contributed by atoms with E-state index in [4.69, 9.17) is 9.47 Å². The van der Waals surface area contributed by atoms with Crippen LogP contribution in [0.1, 0.15) is 43.9 Å². The van der Waals surface area contributed by atoms with Gasteiger partial charge in [0.15, 0.2) is 11.5 Å². The van der Waals surface area contributed by atoms with Gasteiger partial charge in [-0.05, 0) is 55.0 Å². The number of hydrogen-bond donors (Lipinski definition) is 0. The Bertz CT molecular complexity index is 659. The topological polar surface area (TPSA) is 35.5 Å². The maximum absolute atomic E-state index is 12.1. The molecule has 0 N–H and O–H groups in total. The zero-order valence-corrected chi connectivity index (χ0v) is 14.8. The second-order valence-electron chi connectivity index (χ2n) is 5.71. The Morgan fingerprint density at radius 3 is 2.08 bits per heavy atom. The maximum atomic E-state index is 12.1. The van der Waals surface area contributed by atoms with E-state index in [1.165, 1.54) is 5.56 Å². The lowest BCUT2D eigenvalue weighted by atomic mass is 10.1. The highest BCUT2D eigenvalue weighted by Crippen LogP contribution is 2.29. The minimum absolute atomic E-state index is 0.236. The summed E-state index contributed by atoms with van der Waals surface area (Å²) < 4.78 is 11.1. The van der Waals surface area contributed by atoms with Gasteiger partial charge in [0.05, 0.1) is 6.61 Å². The molecule has 0 spiro atoms. The second-order valence-corrected chi connectivity index (χ2v) is 5.71. The molecule has 0 saturated heterocycles. The molecule has 0 unspecified atom stereocenters. The van der Waals surface area contributed by atoms with Crippen LogP contribution < -0.4 is 9.47 Å². The zero-order valence-electron chi connectivity index (χ0n) is 14.8. The van der Waals surface area contributed by atoms with Crippen LogP contribution in [0.25, 0.3) is 0 Å². The molecule has 0 aliphatic heterocycles. The van der Waals surface area contributed by atoms with E-state index in [0.29, 0.717) is 30.9 Å². The number of hydrogen-bond acceptors (Lipinski definition) is 3. The number of benzene rings is 2. The van der Waals surface area contributed by atoms with E-state index >= 15 is 0 Å². The van der Waals surface area contributed by atoms with Crippen LogP contribution in [0.4, 0.5) is 0 Å². The fraction of sp³-hybridized carbons (Fsp3) is 0.381. The van der Waals surface area contributed by atoms with Crippen molar-refractivity contribution in [1.82, 2.24) is 0 Å². The van der Waals surface area contributed by atoms with Crippen LogP contribution in [0.2, 0.25) is 0 Å². The SMILES string of the molecule is CCOc1cc(CC)ccc1OC(=O)CCc1ccc(CC)cc1. The van der Waals surface area contributed by atoms with Crippen LogP contribution >= 0.6 is 0 Å². The second kappa shape index (κ2) is 9.11. The van der Waals surface area contributed by atoms with Gasteiger partial charge in [-0.2, -0.15) is 0 Å². The van der Waals surface area contributed by atoms with Gasteiger partial charge in [-0.3, -0.25) is 4.79 Å². The van der Waals surface area contributed by atoms with Crippen molar-refractivity contribution in [3.8, 4) is 11.5 Å². The average molecular weight is 326 g/mol. The lowest BCUT2D eigenvalue weighted by Gasteiger charge is -2.12. The van der Waals surface area contributed by atoms with Gasteiger partial charge in [0.1, 0.15) is 0 Å². The summed E-state index contributed by atoms with van der Waals surface area (Å²) in [6, 6.07) is 14.1. The van der Waals surface area contributed by atoms with E-state index in [2.05, 4.69) is 38.1 Å². The van der Waals surface area contributed by atoms with Gasteiger partial charge in [0.25, 0.3) is 0 Å². The van der Waals surface area contributed by atoms with Gasteiger partial charge in [-0.15, -0.1) is 0 Å². The lowest BCUT2D eigenvalue weighted by molar-refractivity contribution is -0.134. The highest BCUT2D eigenvalue weighted by Gasteiger charge is 2.11. The van der Waals surface area contributed by atoms with Gasteiger partial charge in [-0.25, -0.2) is 0 Å². The van der Waals surface area contributed by atoms with E-state index in [9.17, 15) is 4.79 Å². The number of rotatable bonds is 8. The Morgan fingerprint density at radius 1 is 0.833 bits per heavy atom. The molecule has 2 aromatic rings. The summed E-state index contributed by atoms with van der Waals surface area (Å²) in [5.41, 5.74) is 3.61. The van der Waals surface area contributed by atoms with Crippen LogP contribution in [-0.4, -0.2) is 12.6 Å². The number of esters is 1. The predicted molar refractivity (Wildman–Crippen MR) is 96.8 cm³/mol. The molecule has 0 saturated carbocycles. The molecule has 24 heavy (non-hydrogen) atoms. The van der Waals surface area contributed by atoms with E-state index in [-0.39, 0.29) is 5.97 Å². The minimum Gasteiger partial charge on any atom is -0.490 e. The first kappa shape index (κ1) is 18.1. The molecule has 0 heterocycles. The summed E-state index contributed by atoms with van der Waals surface area (Å²) in [4.78, 5) is 12.1. The molecule has 0 bridgehead atoms. The van der Waals surface area contributed by atoms with Crippen LogP contribution in [0.15, 0.2) is 42.5 Å². The van der Waals surface area contributed by atoms with Crippen LogP contribution in [0.3, 0.4) is 0 Å². The minimum atomic E-state index is -0.236. The van der Waals surface area contributed by atoms with Gasteiger partial charge >= 0.3 is 5.97 Å². The third kappa shape index (κ3) is 5.12. The van der Waals surface area contributed by atoms with Crippen molar-refractivity contribution in [3.63, 3.8) is 0 Å². The molecule has 0 aliphatic rings. The van der Waals surface area contributed by atoms with Crippen LogP contribution in [-0.2, 0) is 24.1 Å². The van der Waals surface area contributed by atoms with Crippen LogP contribution in [0, 0.1) is 0 Å². The summed E-state index contributed by atoms with van der Waals surface area (Å²) in [6.07, 6.45) is 2.98. The van der Waals surface area contributed by atoms with E-state index < -0.39 is 0 Å². The number of carbonyl (C=O) groups is 1. The van der Waals surface area contributed by atoms with Crippen molar-refractivity contribution in [2.75, 3.05) is 6.61 Å². The van der Waals surface area contributed by atoms with Crippen molar-refractivity contribution >= 4 is 5.97 Å². The molecule has 3 nitrogen and oxygen atoms in total. The van der Waals surface area contributed by atoms with Gasteiger partial charge < -0.3 is 9.47 Å². The van der Waals surface area contributed by atoms with Crippen molar-refractivity contribution in [2.45, 2.75) is 46.5 Å². The normalized spacial score (nSPS) is 10.5. The third-order valence-electron chi connectivity index (χ3n) is 3.99. The highest BCUT2D eigenvalue weighted by molar-refractivity contribution is 5.73. The predicted octanol–water partition coefficient (Wildman–Crippen LogP) is 4.75. The third-order valence-corrected chi connectivity index (χ3v) is 3.99. The van der Waals surface area contributed by atoms with Crippen molar-refractivity contribution in [3.05, 3.63) is 59.2 Å². The zero-order chi connectivity index (χ0) is 17.4.